The molecule has 34 heavy (non-hydrogen) atoms. The number of halogens is 3. The molecule has 4 heterocycles. The molecule has 3 aliphatic rings. The van der Waals surface area contributed by atoms with Crippen LogP contribution < -0.4 is 5.32 Å². The maximum Gasteiger partial charge on any atom is 0.417 e. The van der Waals surface area contributed by atoms with Crippen molar-refractivity contribution in [2.75, 3.05) is 31.5 Å². The number of hydrogen-bond donors (Lipinski definition) is 1. The third-order valence-corrected chi connectivity index (χ3v) is 7.23. The molecule has 3 unspecified atom stereocenters. The van der Waals surface area contributed by atoms with Crippen LogP contribution in [0.25, 0.3) is 11.3 Å². The molecule has 2 saturated heterocycles. The molecule has 0 aromatic carbocycles. The first kappa shape index (κ1) is 21.1. The quantitative estimate of drug-likeness (QED) is 0.662. The van der Waals surface area contributed by atoms with Gasteiger partial charge in [-0.1, -0.05) is 0 Å². The summed E-state index contributed by atoms with van der Waals surface area (Å²) in [6, 6.07) is 4.30. The van der Waals surface area contributed by atoms with Crippen molar-refractivity contribution >= 4 is 5.82 Å². The van der Waals surface area contributed by atoms with Crippen molar-refractivity contribution in [3.63, 3.8) is 0 Å². The topological polar surface area (TPSA) is 63.2 Å². The summed E-state index contributed by atoms with van der Waals surface area (Å²) in [6.07, 6.45) is 1.04. The van der Waals surface area contributed by atoms with Crippen LogP contribution in [0, 0.1) is 17.8 Å². The number of anilines is 1. The Morgan fingerprint density at radius 2 is 1.94 bits per heavy atom. The first-order valence-electron chi connectivity index (χ1n) is 12.9. The molecule has 5 rings (SSSR count). The number of nitrogens with one attached hydrogen (secondary N) is 1. The Morgan fingerprint density at radius 1 is 1.18 bits per heavy atom. The molecule has 184 valence electrons. The molecule has 1 N–H and O–H groups in total. The molecular formula is C25H32F3N5O. The van der Waals surface area contributed by atoms with Gasteiger partial charge in [-0.25, -0.2) is 0 Å². The molecule has 2 aromatic rings. The van der Waals surface area contributed by atoms with Gasteiger partial charge < -0.3 is 15.0 Å². The minimum Gasteiger partial charge on any atom is -0.376 e. The summed E-state index contributed by atoms with van der Waals surface area (Å²) in [5.74, 6) is 1.29. The molecule has 1 aliphatic carbocycles. The van der Waals surface area contributed by atoms with E-state index in [0.29, 0.717) is 30.7 Å². The maximum atomic E-state index is 13.3. The van der Waals surface area contributed by atoms with E-state index in [2.05, 4.69) is 20.5 Å². The van der Waals surface area contributed by atoms with E-state index in [1.165, 1.54) is 6.07 Å². The minimum atomic E-state index is -4.50. The first-order chi connectivity index (χ1) is 16.9. The number of alkyl halides is 3. The van der Waals surface area contributed by atoms with Gasteiger partial charge >= 0.3 is 6.18 Å². The Morgan fingerprint density at radius 3 is 2.59 bits per heavy atom. The van der Waals surface area contributed by atoms with Gasteiger partial charge in [0.05, 0.1) is 16.9 Å². The molecule has 0 radical (unpaired) electrons. The number of fused-ring (bicyclic) bond motifs is 1. The Bertz CT molecular complexity index is 1070. The number of pyridine rings is 1. The van der Waals surface area contributed by atoms with Gasteiger partial charge in [0.1, 0.15) is 5.82 Å². The monoisotopic (exact) mass is 477 g/mol. The molecule has 0 bridgehead atoms. The molecule has 0 amide bonds. The molecule has 3 atom stereocenters. The second-order valence-electron chi connectivity index (χ2n) is 10.4. The van der Waals surface area contributed by atoms with Gasteiger partial charge in [0.25, 0.3) is 0 Å². The molecule has 6 nitrogen and oxygen atoms in total. The maximum absolute atomic E-state index is 13.3. The first-order valence-corrected chi connectivity index (χ1v) is 11.9. The molecule has 2 aliphatic heterocycles. The van der Waals surface area contributed by atoms with E-state index in [-0.39, 0.29) is 28.8 Å². The standard InChI is InChI=1S/C25H32F3N5O/c1-24(2)11-16(6-8-34-24)13-33-14-17-9-19(10-18(17)15-33)30-23-4-3-22(31-32-23)20-12-29-7-5-21(20)25(26,27)28/h3-5,7,12,16-19H,6,8-11,13-15H2,1-2H3,(H,30,32)/i13D2. The fourth-order valence-corrected chi connectivity index (χ4v) is 5.73. The molecule has 2 aromatic heterocycles. The van der Waals surface area contributed by atoms with Crippen LogP contribution in [0.4, 0.5) is 19.0 Å². The highest BCUT2D eigenvalue weighted by Crippen LogP contribution is 2.40. The van der Waals surface area contributed by atoms with E-state index < -0.39 is 18.2 Å². The van der Waals surface area contributed by atoms with Gasteiger partial charge in [-0.05, 0) is 75.5 Å². The summed E-state index contributed by atoms with van der Waals surface area (Å²) in [5, 5.41) is 11.5. The van der Waals surface area contributed by atoms with Crippen molar-refractivity contribution in [3.8, 4) is 11.3 Å². The highest BCUT2D eigenvalue weighted by Gasteiger charge is 2.42. The SMILES string of the molecule is [2H]C([2H])(C1CCOC(C)(C)C1)N1CC2CC(Nc3ccc(-c4cnccc4C(F)(F)F)nn3)CC2C1. The molecule has 3 fully saturated rings. The van der Waals surface area contributed by atoms with E-state index in [1.54, 1.807) is 6.07 Å². The summed E-state index contributed by atoms with van der Waals surface area (Å²) in [6.45, 7) is 4.79. The van der Waals surface area contributed by atoms with E-state index in [0.717, 1.165) is 50.8 Å². The number of hydrogen-bond acceptors (Lipinski definition) is 6. The number of ether oxygens (including phenoxy) is 1. The van der Waals surface area contributed by atoms with Crippen LogP contribution >= 0.6 is 0 Å². The zero-order valence-corrected chi connectivity index (χ0v) is 19.5. The lowest BCUT2D eigenvalue weighted by molar-refractivity contribution is -0.137. The normalized spacial score (nSPS) is 30.5. The fraction of sp³-hybridized carbons (Fsp3) is 0.640. The van der Waals surface area contributed by atoms with E-state index >= 15 is 0 Å². The van der Waals surface area contributed by atoms with E-state index in [4.69, 9.17) is 7.48 Å². The lowest BCUT2D eigenvalue weighted by atomic mass is 9.88. The molecule has 0 spiro atoms. The number of nitrogens with zero attached hydrogens (tertiary/aromatic N) is 4. The van der Waals surface area contributed by atoms with Gasteiger partial charge in [-0.15, -0.1) is 10.2 Å². The average Bonchev–Trinajstić information content (AvgIpc) is 3.38. The van der Waals surface area contributed by atoms with Crippen LogP contribution in [0.5, 0.6) is 0 Å². The molecule has 9 heteroatoms. The zero-order valence-electron chi connectivity index (χ0n) is 21.5. The number of aromatic nitrogens is 3. The fourth-order valence-electron chi connectivity index (χ4n) is 5.73. The summed E-state index contributed by atoms with van der Waals surface area (Å²) in [5.41, 5.74) is -1.05. The van der Waals surface area contributed by atoms with Crippen LogP contribution in [0.3, 0.4) is 0 Å². The van der Waals surface area contributed by atoms with Crippen molar-refractivity contribution in [2.45, 2.75) is 57.3 Å². The Kier molecular flexibility index (Phi) is 5.62. The molecule has 1 saturated carbocycles. The van der Waals surface area contributed by atoms with Crippen molar-refractivity contribution in [2.24, 2.45) is 17.8 Å². The third kappa shape index (κ3) is 5.20. The smallest absolute Gasteiger partial charge is 0.376 e. The molecular weight excluding hydrogens is 443 g/mol. The van der Waals surface area contributed by atoms with E-state index in [9.17, 15) is 13.2 Å². The number of rotatable bonds is 5. The largest absolute Gasteiger partial charge is 0.417 e. The van der Waals surface area contributed by atoms with E-state index in [1.807, 2.05) is 18.7 Å². The lowest BCUT2D eigenvalue weighted by Crippen LogP contribution is -2.39. The van der Waals surface area contributed by atoms with Gasteiger partial charge in [0.15, 0.2) is 0 Å². The highest BCUT2D eigenvalue weighted by molar-refractivity contribution is 5.63. The third-order valence-electron chi connectivity index (χ3n) is 7.23. The predicted octanol–water partition coefficient (Wildman–Crippen LogP) is 4.88. The van der Waals surface area contributed by atoms with Crippen LogP contribution in [0.2, 0.25) is 0 Å². The van der Waals surface area contributed by atoms with Crippen LogP contribution in [0.15, 0.2) is 30.6 Å². The lowest BCUT2D eigenvalue weighted by Gasteiger charge is -2.37. The highest BCUT2D eigenvalue weighted by atomic mass is 19.4. The van der Waals surface area contributed by atoms with Crippen molar-refractivity contribution in [1.82, 2.24) is 20.1 Å². The average molecular weight is 478 g/mol. The second kappa shape index (κ2) is 9.07. The van der Waals surface area contributed by atoms with Crippen molar-refractivity contribution in [1.29, 1.82) is 0 Å². The second-order valence-corrected chi connectivity index (χ2v) is 10.4. The van der Waals surface area contributed by atoms with Crippen LogP contribution in [-0.2, 0) is 10.9 Å². The number of likely N-dealkylation sites (tertiary alicyclic amines) is 1. The van der Waals surface area contributed by atoms with Gasteiger partial charge in [-0.2, -0.15) is 13.2 Å². The Balaban J connectivity index is 1.19. The Hall–Kier alpha value is -2.26. The summed E-state index contributed by atoms with van der Waals surface area (Å²) < 4.78 is 63.5. The van der Waals surface area contributed by atoms with Gasteiger partial charge in [0.2, 0.25) is 0 Å². The van der Waals surface area contributed by atoms with Crippen LogP contribution in [0.1, 0.15) is 47.8 Å². The van der Waals surface area contributed by atoms with Gasteiger partial charge in [0, 0.05) is 52.9 Å². The van der Waals surface area contributed by atoms with Crippen molar-refractivity contribution < 1.29 is 20.6 Å². The summed E-state index contributed by atoms with van der Waals surface area (Å²) in [7, 11) is 0. The zero-order chi connectivity index (χ0) is 25.7. The predicted molar refractivity (Wildman–Crippen MR) is 123 cm³/mol. The van der Waals surface area contributed by atoms with Gasteiger partial charge in [-0.3, -0.25) is 4.98 Å². The summed E-state index contributed by atoms with van der Waals surface area (Å²) >= 11 is 0. The van der Waals surface area contributed by atoms with Crippen molar-refractivity contribution in [3.05, 3.63) is 36.2 Å². The van der Waals surface area contributed by atoms with Crippen LogP contribution in [-0.4, -0.2) is 57.9 Å². The summed E-state index contributed by atoms with van der Waals surface area (Å²) in [4.78, 5) is 5.85. The minimum absolute atomic E-state index is 0.0412. The Labute approximate surface area is 201 Å².